The Hall–Kier alpha value is -1.09. The molecule has 0 heterocycles. The third-order valence-corrected chi connectivity index (χ3v) is 3.72. The predicted octanol–water partition coefficient (Wildman–Crippen LogP) is 3.82. The van der Waals surface area contributed by atoms with Crippen LogP contribution in [0.1, 0.15) is 50.6 Å². The van der Waals surface area contributed by atoms with Gasteiger partial charge in [0.15, 0.2) is 0 Å². The molecule has 1 aliphatic carbocycles. The zero-order valence-corrected chi connectivity index (χ0v) is 11.2. The topological polar surface area (TPSA) is 21.3 Å². The van der Waals surface area contributed by atoms with Crippen molar-refractivity contribution in [1.29, 1.82) is 0 Å². The van der Waals surface area contributed by atoms with E-state index < -0.39 is 0 Å². The van der Waals surface area contributed by atoms with Gasteiger partial charge >= 0.3 is 0 Å². The number of hydrogen-bond donors (Lipinski definition) is 1. The first-order chi connectivity index (χ1) is 8.72. The minimum atomic E-state index is -0.190. The molecule has 0 bridgehead atoms. The molecule has 0 aromatic heterocycles. The van der Waals surface area contributed by atoms with Gasteiger partial charge < -0.3 is 10.1 Å². The highest BCUT2D eigenvalue weighted by molar-refractivity contribution is 5.37. The van der Waals surface area contributed by atoms with Crippen LogP contribution in [0.25, 0.3) is 0 Å². The highest BCUT2D eigenvalue weighted by atomic mass is 19.1. The predicted molar refractivity (Wildman–Crippen MR) is 71.4 cm³/mol. The average molecular weight is 251 g/mol. The number of hydrogen-bond acceptors (Lipinski definition) is 2. The van der Waals surface area contributed by atoms with Crippen LogP contribution >= 0.6 is 0 Å². The maximum absolute atomic E-state index is 13.9. The maximum Gasteiger partial charge on any atom is 0.131 e. The van der Waals surface area contributed by atoms with Gasteiger partial charge in [-0.25, -0.2) is 4.39 Å². The molecule has 1 N–H and O–H groups in total. The van der Waals surface area contributed by atoms with Gasteiger partial charge in [-0.3, -0.25) is 0 Å². The van der Waals surface area contributed by atoms with Gasteiger partial charge in [0.05, 0.1) is 6.10 Å². The summed E-state index contributed by atoms with van der Waals surface area (Å²) in [5.74, 6) is 0.508. The van der Waals surface area contributed by atoms with E-state index in [9.17, 15) is 4.39 Å². The lowest BCUT2D eigenvalue weighted by atomic mass is 9.97. The Morgan fingerprint density at radius 2 is 2.00 bits per heavy atom. The minimum absolute atomic E-state index is 0.0372. The van der Waals surface area contributed by atoms with Gasteiger partial charge in [0.1, 0.15) is 11.6 Å². The third kappa shape index (κ3) is 3.02. The number of rotatable bonds is 4. The second-order valence-corrected chi connectivity index (χ2v) is 5.04. The van der Waals surface area contributed by atoms with E-state index in [1.54, 1.807) is 6.07 Å². The Bertz CT molecular complexity index is 388. The summed E-state index contributed by atoms with van der Waals surface area (Å²) in [6, 6.07) is 5.06. The molecule has 1 unspecified atom stereocenters. The van der Waals surface area contributed by atoms with E-state index in [-0.39, 0.29) is 18.0 Å². The molecule has 1 aromatic carbocycles. The molecule has 0 radical (unpaired) electrons. The zero-order valence-electron chi connectivity index (χ0n) is 11.2. The summed E-state index contributed by atoms with van der Waals surface area (Å²) in [6.07, 6.45) is 6.16. The second-order valence-electron chi connectivity index (χ2n) is 5.04. The largest absolute Gasteiger partial charge is 0.490 e. The van der Waals surface area contributed by atoms with Crippen molar-refractivity contribution < 1.29 is 9.13 Å². The van der Waals surface area contributed by atoms with Crippen LogP contribution in [0.15, 0.2) is 18.2 Å². The van der Waals surface area contributed by atoms with Crippen molar-refractivity contribution in [3.63, 3.8) is 0 Å². The van der Waals surface area contributed by atoms with Crippen LogP contribution in [0.2, 0.25) is 0 Å². The molecular formula is C15H22FNO. The molecule has 0 saturated heterocycles. The van der Waals surface area contributed by atoms with Crippen LogP contribution in [0, 0.1) is 5.82 Å². The van der Waals surface area contributed by atoms with Gasteiger partial charge in [0, 0.05) is 11.6 Å². The van der Waals surface area contributed by atoms with Crippen molar-refractivity contribution in [1.82, 2.24) is 5.32 Å². The number of ether oxygens (including phenoxy) is 1. The monoisotopic (exact) mass is 251 g/mol. The lowest BCUT2D eigenvalue weighted by Crippen LogP contribution is -2.22. The number of halogens is 1. The van der Waals surface area contributed by atoms with Crippen molar-refractivity contribution in [2.45, 2.75) is 51.2 Å². The molecule has 2 rings (SSSR count). The lowest BCUT2D eigenvalue weighted by molar-refractivity contribution is 0.152. The summed E-state index contributed by atoms with van der Waals surface area (Å²) >= 11 is 0. The number of benzene rings is 1. The van der Waals surface area contributed by atoms with Crippen LogP contribution in [0.3, 0.4) is 0 Å². The van der Waals surface area contributed by atoms with Gasteiger partial charge in [-0.2, -0.15) is 0 Å². The van der Waals surface area contributed by atoms with Gasteiger partial charge in [-0.05, 0) is 51.8 Å². The average Bonchev–Trinajstić information content (AvgIpc) is 2.39. The van der Waals surface area contributed by atoms with E-state index in [0.29, 0.717) is 11.3 Å². The first kappa shape index (κ1) is 13.3. The molecule has 1 saturated carbocycles. The Balaban J connectivity index is 2.18. The third-order valence-electron chi connectivity index (χ3n) is 3.72. The first-order valence-electron chi connectivity index (χ1n) is 6.84. The SMILES string of the molecule is CNC(C)c1c(F)cccc1OC1CCCCC1. The molecule has 2 nitrogen and oxygen atoms in total. The van der Waals surface area contributed by atoms with E-state index in [4.69, 9.17) is 4.74 Å². The quantitative estimate of drug-likeness (QED) is 0.878. The minimum Gasteiger partial charge on any atom is -0.490 e. The molecule has 100 valence electrons. The van der Waals surface area contributed by atoms with Gasteiger partial charge in [0.2, 0.25) is 0 Å². The zero-order chi connectivity index (χ0) is 13.0. The van der Waals surface area contributed by atoms with Crippen molar-refractivity contribution in [3.8, 4) is 5.75 Å². The fourth-order valence-electron chi connectivity index (χ4n) is 2.55. The Morgan fingerprint density at radius 3 is 2.67 bits per heavy atom. The molecule has 1 atom stereocenters. The van der Waals surface area contributed by atoms with Crippen molar-refractivity contribution in [2.24, 2.45) is 0 Å². The molecule has 1 aromatic rings. The number of nitrogens with one attached hydrogen (secondary N) is 1. The molecular weight excluding hydrogens is 229 g/mol. The molecule has 1 fully saturated rings. The Morgan fingerprint density at radius 1 is 1.28 bits per heavy atom. The summed E-state index contributed by atoms with van der Waals surface area (Å²) in [6.45, 7) is 1.95. The van der Waals surface area contributed by atoms with Gasteiger partial charge in [-0.1, -0.05) is 12.5 Å². The Labute approximate surface area is 109 Å². The lowest BCUT2D eigenvalue weighted by Gasteiger charge is -2.25. The van der Waals surface area contributed by atoms with Crippen LogP contribution in [-0.4, -0.2) is 13.2 Å². The summed E-state index contributed by atoms with van der Waals surface area (Å²) in [7, 11) is 1.83. The summed E-state index contributed by atoms with van der Waals surface area (Å²) in [4.78, 5) is 0. The fraction of sp³-hybridized carbons (Fsp3) is 0.600. The van der Waals surface area contributed by atoms with E-state index in [2.05, 4.69) is 5.32 Å². The molecule has 1 aliphatic rings. The maximum atomic E-state index is 13.9. The van der Waals surface area contributed by atoms with Gasteiger partial charge in [-0.15, -0.1) is 0 Å². The van der Waals surface area contributed by atoms with Gasteiger partial charge in [0.25, 0.3) is 0 Å². The molecule has 0 spiro atoms. The Kier molecular flexibility index (Phi) is 4.59. The smallest absolute Gasteiger partial charge is 0.131 e. The molecule has 3 heteroatoms. The fourth-order valence-corrected chi connectivity index (χ4v) is 2.55. The van der Waals surface area contributed by atoms with Crippen LogP contribution < -0.4 is 10.1 Å². The highest BCUT2D eigenvalue weighted by Gasteiger charge is 2.20. The summed E-state index contributed by atoms with van der Waals surface area (Å²) in [5, 5.41) is 3.08. The standard InChI is InChI=1S/C15H22FNO/c1-11(17-2)15-13(16)9-6-10-14(15)18-12-7-4-3-5-8-12/h6,9-12,17H,3-5,7-8H2,1-2H3. The highest BCUT2D eigenvalue weighted by Crippen LogP contribution is 2.31. The van der Waals surface area contributed by atoms with E-state index in [0.717, 1.165) is 12.8 Å². The normalized spacial score (nSPS) is 18.6. The van der Waals surface area contributed by atoms with E-state index >= 15 is 0 Å². The second kappa shape index (κ2) is 6.19. The summed E-state index contributed by atoms with van der Waals surface area (Å²) in [5.41, 5.74) is 0.644. The molecule has 0 aliphatic heterocycles. The molecule has 18 heavy (non-hydrogen) atoms. The van der Waals surface area contributed by atoms with Crippen molar-refractivity contribution >= 4 is 0 Å². The van der Waals surface area contributed by atoms with E-state index in [1.807, 2.05) is 20.0 Å². The van der Waals surface area contributed by atoms with Crippen LogP contribution in [0.4, 0.5) is 4.39 Å². The summed E-state index contributed by atoms with van der Waals surface area (Å²) < 4.78 is 19.9. The van der Waals surface area contributed by atoms with Crippen molar-refractivity contribution in [2.75, 3.05) is 7.05 Å². The van der Waals surface area contributed by atoms with Crippen molar-refractivity contribution in [3.05, 3.63) is 29.6 Å². The van der Waals surface area contributed by atoms with Crippen LogP contribution in [-0.2, 0) is 0 Å². The van der Waals surface area contributed by atoms with Crippen LogP contribution in [0.5, 0.6) is 5.75 Å². The first-order valence-corrected chi connectivity index (χ1v) is 6.84. The molecule has 0 amide bonds. The van der Waals surface area contributed by atoms with E-state index in [1.165, 1.54) is 25.3 Å².